The molecule has 1 aliphatic heterocycles. The minimum absolute atomic E-state index is 0.0873. The van der Waals surface area contributed by atoms with Gasteiger partial charge in [-0.2, -0.15) is 4.31 Å². The van der Waals surface area contributed by atoms with Crippen LogP contribution < -0.4 is 4.72 Å². The third kappa shape index (κ3) is 5.12. The van der Waals surface area contributed by atoms with Crippen LogP contribution in [0.3, 0.4) is 0 Å². The first-order valence-electron chi connectivity index (χ1n) is 5.76. The molecule has 0 saturated carbocycles. The van der Waals surface area contributed by atoms with Gasteiger partial charge in [0.05, 0.1) is 6.26 Å². The van der Waals surface area contributed by atoms with E-state index >= 15 is 0 Å². The fourth-order valence-corrected chi connectivity index (χ4v) is 4.58. The quantitative estimate of drug-likeness (QED) is 0.695. The Balaban J connectivity index is 2.61. The van der Waals surface area contributed by atoms with E-state index in [0.29, 0.717) is 13.0 Å². The topological polar surface area (TPSA) is 83.6 Å². The van der Waals surface area contributed by atoms with Gasteiger partial charge in [-0.1, -0.05) is 22.4 Å². The van der Waals surface area contributed by atoms with Crippen LogP contribution in [-0.2, 0) is 20.0 Å². The summed E-state index contributed by atoms with van der Waals surface area (Å²) in [4.78, 5) is 0. The molecule has 1 aliphatic rings. The number of nitrogens with zero attached hydrogens (tertiary/aromatic N) is 1. The summed E-state index contributed by atoms with van der Waals surface area (Å²) in [5.41, 5.74) is 0. The van der Waals surface area contributed by atoms with Gasteiger partial charge >= 0.3 is 0 Å². The lowest BCUT2D eigenvalue weighted by molar-refractivity contribution is 0.243. The van der Waals surface area contributed by atoms with Gasteiger partial charge in [-0.3, -0.25) is 0 Å². The minimum Gasteiger partial charge on any atom is -0.215 e. The molecule has 0 spiro atoms. The van der Waals surface area contributed by atoms with Gasteiger partial charge in [-0.05, 0) is 19.3 Å². The average molecular weight is 363 g/mol. The van der Waals surface area contributed by atoms with Crippen molar-refractivity contribution in [2.75, 3.05) is 24.0 Å². The Kier molecular flexibility index (Phi) is 6.04. The van der Waals surface area contributed by atoms with E-state index in [4.69, 9.17) is 0 Å². The molecule has 1 heterocycles. The third-order valence-electron chi connectivity index (χ3n) is 2.91. The summed E-state index contributed by atoms with van der Waals surface area (Å²) in [5, 5.41) is 0. The molecule has 18 heavy (non-hydrogen) atoms. The zero-order valence-electron chi connectivity index (χ0n) is 10.3. The van der Waals surface area contributed by atoms with E-state index in [1.165, 1.54) is 4.31 Å². The van der Waals surface area contributed by atoms with Gasteiger partial charge in [0.1, 0.15) is 4.66 Å². The molecule has 0 aliphatic carbocycles. The standard InChI is InChI=1S/C9H19BrN2O4S2/c1-17(13,14)11-6-5-9-4-2-3-7-12(9)18(15,16)8-10/h9,11H,2-8H2,1H3. The highest BCUT2D eigenvalue weighted by atomic mass is 79.9. The van der Waals surface area contributed by atoms with E-state index < -0.39 is 20.0 Å². The molecule has 108 valence electrons. The number of hydrogen-bond acceptors (Lipinski definition) is 4. The highest BCUT2D eigenvalue weighted by Crippen LogP contribution is 2.23. The van der Waals surface area contributed by atoms with Crippen LogP contribution in [0.2, 0.25) is 0 Å². The summed E-state index contributed by atoms with van der Waals surface area (Å²) in [6.45, 7) is 0.801. The van der Waals surface area contributed by atoms with Crippen LogP contribution >= 0.6 is 15.9 Å². The Labute approximate surface area is 117 Å². The maximum absolute atomic E-state index is 11.9. The molecule has 0 amide bonds. The summed E-state index contributed by atoms with van der Waals surface area (Å²) >= 11 is 2.99. The fraction of sp³-hybridized carbons (Fsp3) is 1.00. The molecule has 1 unspecified atom stereocenters. The predicted octanol–water partition coefficient (Wildman–Crippen LogP) is 0.462. The van der Waals surface area contributed by atoms with Gasteiger partial charge in [0, 0.05) is 19.1 Å². The molecule has 9 heteroatoms. The Morgan fingerprint density at radius 1 is 1.28 bits per heavy atom. The maximum Gasteiger partial charge on any atom is 0.224 e. The van der Waals surface area contributed by atoms with E-state index in [9.17, 15) is 16.8 Å². The van der Waals surface area contributed by atoms with E-state index in [1.807, 2.05) is 0 Å². The number of alkyl halides is 1. The van der Waals surface area contributed by atoms with Crippen LogP contribution in [-0.4, -0.2) is 51.2 Å². The second-order valence-electron chi connectivity index (χ2n) is 4.44. The normalized spacial score (nSPS) is 23.1. The van der Waals surface area contributed by atoms with Gasteiger partial charge < -0.3 is 0 Å². The van der Waals surface area contributed by atoms with Crippen LogP contribution in [0.1, 0.15) is 25.7 Å². The molecule has 0 radical (unpaired) electrons. The largest absolute Gasteiger partial charge is 0.224 e. The van der Waals surface area contributed by atoms with Crippen molar-refractivity contribution in [3.05, 3.63) is 0 Å². The average Bonchev–Trinajstić information content (AvgIpc) is 2.28. The molecule has 0 aromatic rings. The van der Waals surface area contributed by atoms with Crippen molar-refractivity contribution in [2.24, 2.45) is 0 Å². The molecule has 1 saturated heterocycles. The Hall–Kier alpha value is 0.300. The van der Waals surface area contributed by atoms with Gasteiger partial charge in [0.15, 0.2) is 0 Å². The number of hydrogen-bond donors (Lipinski definition) is 1. The van der Waals surface area contributed by atoms with Crippen LogP contribution in [0.15, 0.2) is 0 Å². The lowest BCUT2D eigenvalue weighted by Crippen LogP contribution is -2.45. The van der Waals surface area contributed by atoms with Crippen LogP contribution in [0.5, 0.6) is 0 Å². The molecule has 1 atom stereocenters. The van der Waals surface area contributed by atoms with Crippen molar-refractivity contribution in [1.29, 1.82) is 0 Å². The third-order valence-corrected chi connectivity index (χ3v) is 6.85. The molecule has 1 rings (SSSR count). The van der Waals surface area contributed by atoms with E-state index in [2.05, 4.69) is 20.7 Å². The van der Waals surface area contributed by atoms with Gasteiger partial charge in [0.2, 0.25) is 20.0 Å². The van der Waals surface area contributed by atoms with Gasteiger partial charge in [0.25, 0.3) is 0 Å². The first kappa shape index (κ1) is 16.4. The summed E-state index contributed by atoms with van der Waals surface area (Å²) in [5.74, 6) is 0. The molecular weight excluding hydrogens is 344 g/mol. The van der Waals surface area contributed by atoms with E-state index in [0.717, 1.165) is 25.5 Å². The molecular formula is C9H19BrN2O4S2. The molecule has 0 bridgehead atoms. The second kappa shape index (κ2) is 6.65. The molecule has 0 aromatic carbocycles. The summed E-state index contributed by atoms with van der Waals surface area (Å²) in [6, 6.07) is -0.101. The molecule has 1 N–H and O–H groups in total. The first-order valence-corrected chi connectivity index (χ1v) is 10.4. The van der Waals surface area contributed by atoms with Crippen LogP contribution in [0.25, 0.3) is 0 Å². The van der Waals surface area contributed by atoms with Gasteiger partial charge in [-0.25, -0.2) is 21.6 Å². The van der Waals surface area contributed by atoms with Crippen molar-refractivity contribution < 1.29 is 16.8 Å². The number of rotatable bonds is 6. The number of piperidine rings is 1. The van der Waals surface area contributed by atoms with Gasteiger partial charge in [-0.15, -0.1) is 0 Å². The van der Waals surface area contributed by atoms with Crippen LogP contribution in [0.4, 0.5) is 0 Å². The highest BCUT2D eigenvalue weighted by Gasteiger charge is 2.31. The SMILES string of the molecule is CS(=O)(=O)NCCC1CCCCN1S(=O)(=O)CBr. The summed E-state index contributed by atoms with van der Waals surface area (Å²) in [7, 11) is -6.47. The fourth-order valence-electron chi connectivity index (χ4n) is 2.10. The van der Waals surface area contributed by atoms with E-state index in [-0.39, 0.29) is 17.2 Å². The Morgan fingerprint density at radius 3 is 2.50 bits per heavy atom. The second-order valence-corrected chi connectivity index (χ2v) is 9.49. The summed E-state index contributed by atoms with van der Waals surface area (Å²) < 4.78 is 49.5. The van der Waals surface area contributed by atoms with E-state index in [1.54, 1.807) is 0 Å². The lowest BCUT2D eigenvalue weighted by atomic mass is 10.0. The highest BCUT2D eigenvalue weighted by molar-refractivity contribution is 9.10. The number of nitrogens with one attached hydrogen (secondary N) is 1. The predicted molar refractivity (Wildman–Crippen MR) is 74.5 cm³/mol. The maximum atomic E-state index is 11.9. The summed E-state index contributed by atoms with van der Waals surface area (Å²) in [6.07, 6.45) is 4.25. The first-order chi connectivity index (χ1) is 8.26. The van der Waals surface area contributed by atoms with Crippen molar-refractivity contribution >= 4 is 36.0 Å². The molecule has 6 nitrogen and oxygen atoms in total. The van der Waals surface area contributed by atoms with Crippen LogP contribution in [0, 0.1) is 0 Å². The zero-order valence-corrected chi connectivity index (χ0v) is 13.5. The smallest absolute Gasteiger partial charge is 0.215 e. The lowest BCUT2D eigenvalue weighted by Gasteiger charge is -2.34. The van der Waals surface area contributed by atoms with Crippen molar-refractivity contribution in [3.63, 3.8) is 0 Å². The molecule has 0 aromatic heterocycles. The minimum atomic E-state index is -3.26. The van der Waals surface area contributed by atoms with Crippen molar-refractivity contribution in [2.45, 2.75) is 31.7 Å². The number of halogens is 1. The molecule has 1 fully saturated rings. The van der Waals surface area contributed by atoms with Crippen molar-refractivity contribution in [1.82, 2.24) is 9.03 Å². The monoisotopic (exact) mass is 362 g/mol. The Bertz CT molecular complexity index is 463. The van der Waals surface area contributed by atoms with Crippen molar-refractivity contribution in [3.8, 4) is 0 Å². The zero-order chi connectivity index (χ0) is 13.8. The number of sulfonamides is 2. The Morgan fingerprint density at radius 2 is 1.94 bits per heavy atom.